The summed E-state index contributed by atoms with van der Waals surface area (Å²) in [5.41, 5.74) is 0.879. The van der Waals surface area contributed by atoms with E-state index in [1.807, 2.05) is 12.1 Å². The molecule has 1 aliphatic rings. The average molecular weight is 340 g/mol. The highest BCUT2D eigenvalue weighted by molar-refractivity contribution is 6.21. The molecule has 1 aliphatic heterocycles. The Kier molecular flexibility index (Phi) is 4.97. The van der Waals surface area contributed by atoms with Crippen LogP contribution in [0.4, 0.5) is 0 Å². The molecule has 3 amide bonds. The van der Waals surface area contributed by atoms with Gasteiger partial charge in [-0.15, -0.1) is 0 Å². The number of fused-ring (bicyclic) bond motifs is 1. The van der Waals surface area contributed by atoms with Crippen LogP contribution in [0.15, 0.2) is 47.1 Å². The number of carbonyl (C=O) groups excluding carboxylic acids is 3. The number of nitrogens with zero attached hydrogens (tertiary/aromatic N) is 2. The molecule has 130 valence electrons. The van der Waals surface area contributed by atoms with Gasteiger partial charge in [-0.1, -0.05) is 12.1 Å². The van der Waals surface area contributed by atoms with Crippen LogP contribution < -0.4 is 0 Å². The summed E-state index contributed by atoms with van der Waals surface area (Å²) < 4.78 is 5.25. The van der Waals surface area contributed by atoms with E-state index in [0.29, 0.717) is 36.9 Å². The summed E-state index contributed by atoms with van der Waals surface area (Å²) in [6, 6.07) is 10.5. The first-order chi connectivity index (χ1) is 12.1. The van der Waals surface area contributed by atoms with Crippen molar-refractivity contribution in [3.63, 3.8) is 0 Å². The Bertz CT molecular complexity index is 747. The number of benzene rings is 1. The number of amides is 3. The van der Waals surface area contributed by atoms with Crippen LogP contribution in [-0.4, -0.2) is 47.7 Å². The van der Waals surface area contributed by atoms with Crippen molar-refractivity contribution >= 4 is 17.7 Å². The zero-order valence-electron chi connectivity index (χ0n) is 14.1. The quantitative estimate of drug-likeness (QED) is 0.726. The lowest BCUT2D eigenvalue weighted by Gasteiger charge is -2.18. The summed E-state index contributed by atoms with van der Waals surface area (Å²) in [6.45, 7) is 0.823. The van der Waals surface area contributed by atoms with E-state index < -0.39 is 0 Å². The van der Waals surface area contributed by atoms with E-state index in [4.69, 9.17) is 4.42 Å². The van der Waals surface area contributed by atoms with Crippen molar-refractivity contribution in [2.45, 2.75) is 19.3 Å². The van der Waals surface area contributed by atoms with E-state index in [1.54, 1.807) is 42.5 Å². The molecule has 0 saturated carbocycles. The van der Waals surface area contributed by atoms with Gasteiger partial charge in [-0.2, -0.15) is 0 Å². The molecule has 3 rings (SSSR count). The highest BCUT2D eigenvalue weighted by Gasteiger charge is 2.34. The van der Waals surface area contributed by atoms with Gasteiger partial charge in [-0.25, -0.2) is 0 Å². The maximum atomic E-state index is 12.2. The van der Waals surface area contributed by atoms with Crippen LogP contribution in [0.2, 0.25) is 0 Å². The molecule has 6 heteroatoms. The third kappa shape index (κ3) is 3.63. The fourth-order valence-electron chi connectivity index (χ4n) is 2.88. The van der Waals surface area contributed by atoms with Gasteiger partial charge in [-0.05, 0) is 30.7 Å². The van der Waals surface area contributed by atoms with Gasteiger partial charge in [0.2, 0.25) is 5.91 Å². The summed E-state index contributed by atoms with van der Waals surface area (Å²) in [7, 11) is 1.74. The normalized spacial score (nSPS) is 13.2. The molecule has 0 spiro atoms. The third-order valence-corrected chi connectivity index (χ3v) is 4.35. The van der Waals surface area contributed by atoms with E-state index in [1.165, 1.54) is 4.90 Å². The van der Waals surface area contributed by atoms with E-state index in [0.717, 1.165) is 5.76 Å². The van der Waals surface area contributed by atoms with Crippen molar-refractivity contribution in [3.8, 4) is 0 Å². The zero-order valence-corrected chi connectivity index (χ0v) is 14.1. The summed E-state index contributed by atoms with van der Waals surface area (Å²) >= 11 is 0. The molecule has 0 saturated heterocycles. The number of carbonyl (C=O) groups is 3. The van der Waals surface area contributed by atoms with Crippen LogP contribution in [0.3, 0.4) is 0 Å². The minimum Gasteiger partial charge on any atom is -0.469 e. The lowest BCUT2D eigenvalue weighted by molar-refractivity contribution is -0.130. The van der Waals surface area contributed by atoms with Gasteiger partial charge in [-0.3, -0.25) is 19.3 Å². The average Bonchev–Trinajstić information content (AvgIpc) is 3.22. The fraction of sp³-hybridized carbons (Fsp3) is 0.316. The second-order valence-corrected chi connectivity index (χ2v) is 6.06. The van der Waals surface area contributed by atoms with Crippen molar-refractivity contribution in [2.24, 2.45) is 0 Å². The van der Waals surface area contributed by atoms with Crippen LogP contribution in [0.5, 0.6) is 0 Å². The maximum Gasteiger partial charge on any atom is 0.261 e. The Balaban J connectivity index is 1.46. The number of hydrogen-bond donors (Lipinski definition) is 0. The van der Waals surface area contributed by atoms with Crippen LogP contribution in [0.1, 0.15) is 39.3 Å². The summed E-state index contributed by atoms with van der Waals surface area (Å²) in [5.74, 6) is 0.271. The van der Waals surface area contributed by atoms with Crippen molar-refractivity contribution in [3.05, 3.63) is 59.5 Å². The number of hydrogen-bond acceptors (Lipinski definition) is 4. The fourth-order valence-corrected chi connectivity index (χ4v) is 2.88. The molecule has 6 nitrogen and oxygen atoms in total. The molecule has 0 radical (unpaired) electrons. The second-order valence-electron chi connectivity index (χ2n) is 6.06. The Morgan fingerprint density at radius 3 is 2.36 bits per heavy atom. The Morgan fingerprint density at radius 2 is 1.76 bits per heavy atom. The van der Waals surface area contributed by atoms with Gasteiger partial charge < -0.3 is 9.32 Å². The van der Waals surface area contributed by atoms with Crippen molar-refractivity contribution in [1.29, 1.82) is 0 Å². The number of imide groups is 1. The Labute approximate surface area is 146 Å². The van der Waals surface area contributed by atoms with Crippen molar-refractivity contribution in [2.75, 3.05) is 20.1 Å². The SMILES string of the molecule is CN(CCc1ccco1)C(=O)CCCN1C(=O)c2ccccc2C1=O. The van der Waals surface area contributed by atoms with Gasteiger partial charge >= 0.3 is 0 Å². The van der Waals surface area contributed by atoms with Crippen LogP contribution >= 0.6 is 0 Å². The van der Waals surface area contributed by atoms with Gasteiger partial charge in [0.1, 0.15) is 5.76 Å². The molecule has 0 atom stereocenters. The smallest absolute Gasteiger partial charge is 0.261 e. The summed E-state index contributed by atoms with van der Waals surface area (Å²) in [5, 5.41) is 0. The molecule has 0 fully saturated rings. The predicted molar refractivity (Wildman–Crippen MR) is 91.1 cm³/mol. The molecule has 1 aromatic carbocycles. The Morgan fingerprint density at radius 1 is 1.08 bits per heavy atom. The standard InChI is InChI=1S/C19H20N2O4/c1-20(12-10-14-6-5-13-25-14)17(22)9-4-11-21-18(23)15-7-2-3-8-16(15)19(21)24/h2-3,5-8,13H,4,9-12H2,1H3. The zero-order chi connectivity index (χ0) is 17.8. The number of rotatable bonds is 7. The van der Waals surface area contributed by atoms with Gasteiger partial charge in [0.15, 0.2) is 0 Å². The molecule has 1 aromatic heterocycles. The molecule has 0 bridgehead atoms. The van der Waals surface area contributed by atoms with Crippen molar-refractivity contribution < 1.29 is 18.8 Å². The van der Waals surface area contributed by atoms with E-state index in [9.17, 15) is 14.4 Å². The monoisotopic (exact) mass is 340 g/mol. The lowest BCUT2D eigenvalue weighted by atomic mass is 10.1. The van der Waals surface area contributed by atoms with Gasteiger partial charge in [0.05, 0.1) is 17.4 Å². The largest absolute Gasteiger partial charge is 0.469 e. The molecular weight excluding hydrogens is 320 g/mol. The minimum atomic E-state index is -0.278. The van der Waals surface area contributed by atoms with Gasteiger partial charge in [0.25, 0.3) is 11.8 Å². The van der Waals surface area contributed by atoms with E-state index in [2.05, 4.69) is 0 Å². The highest BCUT2D eigenvalue weighted by Crippen LogP contribution is 2.22. The molecular formula is C19H20N2O4. The molecule has 0 N–H and O–H groups in total. The lowest BCUT2D eigenvalue weighted by Crippen LogP contribution is -2.33. The first-order valence-electron chi connectivity index (χ1n) is 8.29. The molecule has 2 heterocycles. The van der Waals surface area contributed by atoms with Crippen LogP contribution in [0, 0.1) is 0 Å². The van der Waals surface area contributed by atoms with Crippen LogP contribution in [0.25, 0.3) is 0 Å². The van der Waals surface area contributed by atoms with Crippen molar-refractivity contribution in [1.82, 2.24) is 9.80 Å². The number of furan rings is 1. The third-order valence-electron chi connectivity index (χ3n) is 4.35. The van der Waals surface area contributed by atoms with E-state index in [-0.39, 0.29) is 24.3 Å². The molecule has 2 aromatic rings. The first kappa shape index (κ1) is 17.0. The van der Waals surface area contributed by atoms with Gasteiger partial charge in [0, 0.05) is 33.0 Å². The maximum absolute atomic E-state index is 12.2. The number of likely N-dealkylation sites (N-methyl/N-ethyl adjacent to an activating group) is 1. The summed E-state index contributed by atoms with van der Waals surface area (Å²) in [6.07, 6.45) is 3.02. The molecule has 0 aliphatic carbocycles. The Hall–Kier alpha value is -2.89. The van der Waals surface area contributed by atoms with Crippen LogP contribution in [-0.2, 0) is 11.2 Å². The second kappa shape index (κ2) is 7.34. The first-order valence-corrected chi connectivity index (χ1v) is 8.29. The minimum absolute atomic E-state index is 0.0110. The predicted octanol–water partition coefficient (Wildman–Crippen LogP) is 2.36. The molecule has 25 heavy (non-hydrogen) atoms. The van der Waals surface area contributed by atoms with E-state index >= 15 is 0 Å². The molecule has 0 unspecified atom stereocenters. The topological polar surface area (TPSA) is 70.8 Å². The summed E-state index contributed by atoms with van der Waals surface area (Å²) in [4.78, 5) is 39.5. The highest BCUT2D eigenvalue weighted by atomic mass is 16.3.